The molecule has 0 amide bonds. The maximum atomic E-state index is 13.6. The Balaban J connectivity index is 2.58. The monoisotopic (exact) mass is 349 g/mol. The molecule has 1 saturated heterocycles. The smallest absolute Gasteiger partial charge is 0.351 e. The summed E-state index contributed by atoms with van der Waals surface area (Å²) >= 11 is 6.24. The number of hydrogen-bond donors (Lipinski definition) is 3. The summed E-state index contributed by atoms with van der Waals surface area (Å²) in [5.74, 6) is 2.67. The Bertz CT molecular complexity index is 717. The van der Waals surface area contributed by atoms with E-state index in [4.69, 9.17) is 22.1 Å². The number of rotatable bonds is 2. The van der Waals surface area contributed by atoms with Gasteiger partial charge in [-0.2, -0.15) is 4.98 Å². The van der Waals surface area contributed by atoms with Crippen molar-refractivity contribution in [1.29, 1.82) is 0 Å². The molecule has 0 spiro atoms. The molecule has 126 valence electrons. The van der Waals surface area contributed by atoms with E-state index in [1.165, 1.54) is 6.92 Å². The first kappa shape index (κ1) is 17.6. The Morgan fingerprint density at radius 2 is 2.35 bits per heavy atom. The van der Waals surface area contributed by atoms with Crippen molar-refractivity contribution in [3.05, 3.63) is 22.5 Å². The van der Waals surface area contributed by atoms with Gasteiger partial charge >= 0.3 is 5.69 Å². The molecule has 2 rings (SSSR count). The summed E-state index contributed by atoms with van der Waals surface area (Å²) in [6.45, 7) is 0.261. The molecule has 1 aliphatic rings. The zero-order valence-corrected chi connectivity index (χ0v) is 12.7. The summed E-state index contributed by atoms with van der Waals surface area (Å²) in [4.78, 5) is 13.2. The topological polar surface area (TPSA) is 111 Å². The van der Waals surface area contributed by atoms with Crippen LogP contribution >= 0.6 is 11.6 Å². The summed E-state index contributed by atoms with van der Waals surface area (Å²) < 4.78 is 32.0. The van der Waals surface area contributed by atoms with Gasteiger partial charge in [-0.05, 0) is 6.92 Å². The van der Waals surface area contributed by atoms with E-state index in [1.807, 2.05) is 5.92 Å². The number of aromatic nitrogens is 2. The van der Waals surface area contributed by atoms with Crippen molar-refractivity contribution in [1.82, 2.24) is 9.55 Å². The first-order valence-electron chi connectivity index (χ1n) is 6.53. The lowest BCUT2D eigenvalue weighted by atomic mass is 9.96. The fourth-order valence-electron chi connectivity index (χ4n) is 2.28. The lowest BCUT2D eigenvalue weighted by Crippen LogP contribution is -2.44. The van der Waals surface area contributed by atoms with Crippen molar-refractivity contribution >= 4 is 17.4 Å². The van der Waals surface area contributed by atoms with Crippen LogP contribution in [0.3, 0.4) is 0 Å². The van der Waals surface area contributed by atoms with Crippen molar-refractivity contribution in [3.8, 4) is 11.8 Å². The number of halogens is 3. The predicted octanol–water partition coefficient (Wildman–Crippen LogP) is -0.446. The molecule has 0 bridgehead atoms. The largest absolute Gasteiger partial charge is 0.391 e. The Hall–Kier alpha value is -1.73. The van der Waals surface area contributed by atoms with Crippen molar-refractivity contribution < 1.29 is 23.7 Å². The van der Waals surface area contributed by atoms with Crippen LogP contribution in [0, 0.1) is 17.7 Å². The number of alkyl halides is 2. The third kappa shape index (κ3) is 3.03. The average molecular weight is 350 g/mol. The predicted molar refractivity (Wildman–Crippen MR) is 76.8 cm³/mol. The van der Waals surface area contributed by atoms with Crippen LogP contribution in [0.15, 0.2) is 11.0 Å². The number of ether oxygens (including phenoxy) is 1. The minimum Gasteiger partial charge on any atom is -0.391 e. The van der Waals surface area contributed by atoms with Gasteiger partial charge in [0.2, 0.25) is 0 Å². The van der Waals surface area contributed by atoms with Crippen LogP contribution in [0.25, 0.3) is 0 Å². The molecule has 0 aromatic carbocycles. The number of nitrogens with two attached hydrogens (primary N) is 1. The van der Waals surface area contributed by atoms with Crippen LogP contribution in [0.4, 0.5) is 14.6 Å². The van der Waals surface area contributed by atoms with Gasteiger partial charge < -0.3 is 20.7 Å². The lowest BCUT2D eigenvalue weighted by Gasteiger charge is -2.25. The zero-order chi connectivity index (χ0) is 17.4. The second-order valence-electron chi connectivity index (χ2n) is 5.01. The van der Waals surface area contributed by atoms with E-state index in [0.717, 1.165) is 0 Å². The number of aliphatic hydroxyl groups excluding tert-OH is 2. The molecule has 1 aliphatic heterocycles. The third-order valence-electron chi connectivity index (χ3n) is 3.40. The molecule has 7 nitrogen and oxygen atoms in total. The first-order chi connectivity index (χ1) is 10.7. The van der Waals surface area contributed by atoms with E-state index in [9.17, 15) is 23.8 Å². The Morgan fingerprint density at radius 3 is 2.91 bits per heavy atom. The van der Waals surface area contributed by atoms with Crippen molar-refractivity contribution in [2.45, 2.75) is 36.3 Å². The molecule has 4 N–H and O–H groups in total. The molecule has 10 heteroatoms. The number of anilines is 1. The minimum atomic E-state index is -1.98. The molecule has 0 radical (unpaired) electrons. The van der Waals surface area contributed by atoms with Crippen LogP contribution in [-0.4, -0.2) is 49.6 Å². The molecule has 5 atom stereocenters. The molecular formula is C13H14ClF2N3O4. The quantitative estimate of drug-likeness (QED) is 0.493. The van der Waals surface area contributed by atoms with Crippen LogP contribution in [0.2, 0.25) is 0 Å². The summed E-state index contributed by atoms with van der Waals surface area (Å²) in [6.07, 6.45) is -4.78. The molecule has 1 unspecified atom stereocenters. The highest BCUT2D eigenvalue weighted by Crippen LogP contribution is 2.43. The van der Waals surface area contributed by atoms with Crippen LogP contribution < -0.4 is 11.4 Å². The van der Waals surface area contributed by atoms with E-state index in [1.54, 1.807) is 0 Å². The van der Waals surface area contributed by atoms with Gasteiger partial charge in [0.1, 0.15) is 18.9 Å². The second kappa shape index (κ2) is 6.41. The standard InChI is InChI=1S/C13H14ClF2N3O4/c1-6(20)8-9(21)13(14,3-2-4-15)11(23-8)19-5-7(16)10(17)18-12(19)22/h5-6,8-9,11,20-21H,4H2,1H3,(H2,17,18,22)/t6-,8+,9?,11+,13+/m0/s1. The van der Waals surface area contributed by atoms with Gasteiger partial charge in [0.15, 0.2) is 22.7 Å². The molecule has 2 heterocycles. The molecule has 1 aromatic heterocycles. The second-order valence-corrected chi connectivity index (χ2v) is 5.63. The summed E-state index contributed by atoms with van der Waals surface area (Å²) in [7, 11) is 0. The Morgan fingerprint density at radius 1 is 1.70 bits per heavy atom. The molecule has 1 fully saturated rings. The molecule has 0 saturated carbocycles. The van der Waals surface area contributed by atoms with Gasteiger partial charge in [0.25, 0.3) is 0 Å². The first-order valence-corrected chi connectivity index (χ1v) is 6.90. The zero-order valence-electron chi connectivity index (χ0n) is 11.9. The van der Waals surface area contributed by atoms with Crippen LogP contribution in [0.5, 0.6) is 0 Å². The van der Waals surface area contributed by atoms with Gasteiger partial charge in [-0.15, -0.1) is 0 Å². The molecule has 23 heavy (non-hydrogen) atoms. The van der Waals surface area contributed by atoms with Gasteiger partial charge in [0.05, 0.1) is 12.3 Å². The van der Waals surface area contributed by atoms with Crippen molar-refractivity contribution in [2.75, 3.05) is 12.4 Å². The number of nitrogen functional groups attached to an aromatic ring is 1. The van der Waals surface area contributed by atoms with E-state index < -0.39 is 53.4 Å². The SMILES string of the molecule is C[C@H](O)[C@H]1O[C@@H](n2cc(F)c(N)nc2=O)[C@@](Cl)(C#CCF)C1O. The molecule has 0 aliphatic carbocycles. The molecule has 1 aromatic rings. The maximum Gasteiger partial charge on any atom is 0.351 e. The number of hydrogen-bond acceptors (Lipinski definition) is 6. The van der Waals surface area contributed by atoms with E-state index in [2.05, 4.69) is 10.9 Å². The van der Waals surface area contributed by atoms with Crippen LogP contribution in [0.1, 0.15) is 13.2 Å². The normalized spacial score (nSPS) is 31.5. The maximum absolute atomic E-state index is 13.6. The highest BCUT2D eigenvalue weighted by Gasteiger charge is 2.57. The van der Waals surface area contributed by atoms with E-state index >= 15 is 0 Å². The minimum absolute atomic E-state index is 0.619. The van der Waals surface area contributed by atoms with Gasteiger partial charge in [-0.1, -0.05) is 23.4 Å². The van der Waals surface area contributed by atoms with Gasteiger partial charge in [-0.3, -0.25) is 4.57 Å². The van der Waals surface area contributed by atoms with Crippen LogP contribution in [-0.2, 0) is 4.74 Å². The highest BCUT2D eigenvalue weighted by atomic mass is 35.5. The van der Waals surface area contributed by atoms with E-state index in [0.29, 0.717) is 10.8 Å². The molecular weight excluding hydrogens is 336 g/mol. The lowest BCUT2D eigenvalue weighted by molar-refractivity contribution is -0.0774. The number of aliphatic hydroxyl groups is 2. The summed E-state index contributed by atoms with van der Waals surface area (Å²) in [6, 6.07) is 0. The Kier molecular flexibility index (Phi) is 4.91. The van der Waals surface area contributed by atoms with Gasteiger partial charge in [-0.25, -0.2) is 13.6 Å². The Labute approximate surface area is 134 Å². The fourth-order valence-corrected chi connectivity index (χ4v) is 2.63. The number of nitrogens with zero attached hydrogens (tertiary/aromatic N) is 2. The van der Waals surface area contributed by atoms with Gasteiger partial charge in [0, 0.05) is 0 Å². The van der Waals surface area contributed by atoms with E-state index in [-0.39, 0.29) is 0 Å². The summed E-state index contributed by atoms with van der Waals surface area (Å²) in [5.41, 5.74) is 4.20. The third-order valence-corrected chi connectivity index (χ3v) is 3.90. The fraction of sp³-hybridized carbons (Fsp3) is 0.538. The van der Waals surface area contributed by atoms with Crippen molar-refractivity contribution in [2.24, 2.45) is 0 Å². The summed E-state index contributed by atoms with van der Waals surface area (Å²) in [5, 5.41) is 19.9. The van der Waals surface area contributed by atoms with Crippen molar-refractivity contribution in [3.63, 3.8) is 0 Å². The average Bonchev–Trinajstić information content (AvgIpc) is 2.74. The highest BCUT2D eigenvalue weighted by molar-refractivity contribution is 6.27.